The number of methoxy groups -OCH3 is 2. The molecule has 0 bridgehead atoms. The minimum Gasteiger partial charge on any atom is -0.493 e. The highest BCUT2D eigenvalue weighted by atomic mass is 79.9. The Kier molecular flexibility index (Phi) is 6.94. The Labute approximate surface area is 145 Å². The minimum atomic E-state index is -3.61. The SMILES string of the molecule is COc1cc(Br)c(S(=O)(=O)N2CCC[C@@H](N)C2)cc1OC.Cl. The van der Waals surface area contributed by atoms with Crippen molar-refractivity contribution in [2.75, 3.05) is 27.3 Å². The van der Waals surface area contributed by atoms with E-state index in [1.54, 1.807) is 6.07 Å². The quantitative estimate of drug-likeness (QED) is 0.813. The first-order valence-electron chi connectivity index (χ1n) is 6.57. The van der Waals surface area contributed by atoms with Gasteiger partial charge in [-0.15, -0.1) is 12.4 Å². The van der Waals surface area contributed by atoms with E-state index >= 15 is 0 Å². The molecule has 9 heteroatoms. The molecular formula is C13H20BrClN2O4S. The number of nitrogens with zero attached hydrogens (tertiary/aromatic N) is 1. The molecule has 0 spiro atoms. The summed E-state index contributed by atoms with van der Waals surface area (Å²) in [7, 11) is -0.639. The molecule has 126 valence electrons. The fourth-order valence-electron chi connectivity index (χ4n) is 2.36. The second kappa shape index (κ2) is 7.83. The largest absolute Gasteiger partial charge is 0.493 e. The first-order chi connectivity index (χ1) is 9.90. The van der Waals surface area contributed by atoms with E-state index in [0.29, 0.717) is 29.1 Å². The number of hydrogen-bond acceptors (Lipinski definition) is 5. The van der Waals surface area contributed by atoms with E-state index in [2.05, 4.69) is 15.9 Å². The Morgan fingerprint density at radius 1 is 1.27 bits per heavy atom. The number of rotatable bonds is 4. The molecule has 1 atom stereocenters. The van der Waals surface area contributed by atoms with Gasteiger partial charge in [-0.2, -0.15) is 4.31 Å². The van der Waals surface area contributed by atoms with Crippen molar-refractivity contribution in [1.82, 2.24) is 4.31 Å². The maximum Gasteiger partial charge on any atom is 0.244 e. The number of piperidine rings is 1. The van der Waals surface area contributed by atoms with E-state index in [0.717, 1.165) is 12.8 Å². The number of ether oxygens (including phenoxy) is 2. The predicted molar refractivity (Wildman–Crippen MR) is 90.5 cm³/mol. The van der Waals surface area contributed by atoms with Crippen LogP contribution in [0.5, 0.6) is 11.5 Å². The fraction of sp³-hybridized carbons (Fsp3) is 0.538. The van der Waals surface area contributed by atoms with Crippen LogP contribution in [-0.2, 0) is 10.0 Å². The lowest BCUT2D eigenvalue weighted by atomic mass is 10.1. The average Bonchev–Trinajstić information content (AvgIpc) is 2.46. The second-order valence-electron chi connectivity index (χ2n) is 4.90. The summed E-state index contributed by atoms with van der Waals surface area (Å²) >= 11 is 3.30. The van der Waals surface area contributed by atoms with Gasteiger partial charge in [-0.1, -0.05) is 0 Å². The summed E-state index contributed by atoms with van der Waals surface area (Å²) in [4.78, 5) is 0.161. The van der Waals surface area contributed by atoms with Gasteiger partial charge in [0.1, 0.15) is 4.90 Å². The van der Waals surface area contributed by atoms with Crippen LogP contribution < -0.4 is 15.2 Å². The molecular weight excluding hydrogens is 396 g/mol. The number of benzene rings is 1. The van der Waals surface area contributed by atoms with Gasteiger partial charge in [-0.25, -0.2) is 8.42 Å². The van der Waals surface area contributed by atoms with Crippen molar-refractivity contribution in [3.05, 3.63) is 16.6 Å². The summed E-state index contributed by atoms with van der Waals surface area (Å²) in [5.74, 6) is 0.847. The van der Waals surface area contributed by atoms with Gasteiger partial charge in [-0.3, -0.25) is 0 Å². The zero-order valence-electron chi connectivity index (χ0n) is 12.4. The van der Waals surface area contributed by atoms with Crippen LogP contribution in [0, 0.1) is 0 Å². The highest BCUT2D eigenvalue weighted by molar-refractivity contribution is 9.10. The Hall–Kier alpha value is -0.540. The van der Waals surface area contributed by atoms with Gasteiger partial charge in [0, 0.05) is 29.7 Å². The van der Waals surface area contributed by atoms with Crippen molar-refractivity contribution in [1.29, 1.82) is 0 Å². The molecule has 1 aromatic rings. The van der Waals surface area contributed by atoms with Crippen LogP contribution in [0.15, 0.2) is 21.5 Å². The summed E-state index contributed by atoms with van der Waals surface area (Å²) in [6.45, 7) is 0.819. The van der Waals surface area contributed by atoms with Gasteiger partial charge >= 0.3 is 0 Å². The third-order valence-electron chi connectivity index (χ3n) is 3.48. The zero-order chi connectivity index (χ0) is 15.6. The molecule has 0 aromatic heterocycles. The van der Waals surface area contributed by atoms with Crippen molar-refractivity contribution in [2.45, 2.75) is 23.8 Å². The molecule has 1 aliphatic heterocycles. The van der Waals surface area contributed by atoms with Gasteiger partial charge in [0.25, 0.3) is 0 Å². The van der Waals surface area contributed by atoms with E-state index in [1.165, 1.54) is 24.6 Å². The number of hydrogen-bond donors (Lipinski definition) is 1. The zero-order valence-corrected chi connectivity index (χ0v) is 15.6. The van der Waals surface area contributed by atoms with Crippen LogP contribution in [0.3, 0.4) is 0 Å². The number of halogens is 2. The molecule has 22 heavy (non-hydrogen) atoms. The lowest BCUT2D eigenvalue weighted by Gasteiger charge is -2.30. The third kappa shape index (κ3) is 3.86. The first-order valence-corrected chi connectivity index (χ1v) is 8.80. The molecule has 0 amide bonds. The molecule has 1 aliphatic rings. The van der Waals surface area contributed by atoms with Crippen molar-refractivity contribution < 1.29 is 17.9 Å². The summed E-state index contributed by atoms with van der Waals surface area (Å²) in [6.07, 6.45) is 1.62. The Morgan fingerprint density at radius 2 is 1.86 bits per heavy atom. The van der Waals surface area contributed by atoms with Gasteiger partial charge in [0.05, 0.1) is 14.2 Å². The molecule has 0 saturated carbocycles. The maximum absolute atomic E-state index is 12.8. The number of nitrogens with two attached hydrogens (primary N) is 1. The lowest BCUT2D eigenvalue weighted by molar-refractivity contribution is 0.315. The van der Waals surface area contributed by atoms with Crippen LogP contribution in [0.1, 0.15) is 12.8 Å². The topological polar surface area (TPSA) is 81.9 Å². The monoisotopic (exact) mass is 414 g/mol. The van der Waals surface area contributed by atoms with Gasteiger partial charge in [0.2, 0.25) is 10.0 Å². The molecule has 2 rings (SSSR count). The minimum absolute atomic E-state index is 0. The van der Waals surface area contributed by atoms with Crippen LogP contribution in [-0.4, -0.2) is 46.1 Å². The highest BCUT2D eigenvalue weighted by Crippen LogP contribution is 2.37. The standard InChI is InChI=1S/C13H19BrN2O4S.ClH/c1-19-11-6-10(14)13(7-12(11)20-2)21(17,18)16-5-3-4-9(15)8-16;/h6-7,9H,3-5,8,15H2,1-2H3;1H/t9-;/m1./s1. The molecule has 6 nitrogen and oxygen atoms in total. The van der Waals surface area contributed by atoms with E-state index in [9.17, 15) is 8.42 Å². The third-order valence-corrected chi connectivity index (χ3v) is 6.30. The molecule has 0 unspecified atom stereocenters. The van der Waals surface area contributed by atoms with E-state index < -0.39 is 10.0 Å². The van der Waals surface area contributed by atoms with Gasteiger partial charge in [0.15, 0.2) is 11.5 Å². The normalized spacial score (nSPS) is 19.4. The van der Waals surface area contributed by atoms with Crippen LogP contribution in [0.4, 0.5) is 0 Å². The molecule has 0 aliphatic carbocycles. The smallest absolute Gasteiger partial charge is 0.244 e. The van der Waals surface area contributed by atoms with E-state index in [4.69, 9.17) is 15.2 Å². The molecule has 1 fully saturated rings. The van der Waals surface area contributed by atoms with Crippen LogP contribution in [0.2, 0.25) is 0 Å². The maximum atomic E-state index is 12.8. The van der Waals surface area contributed by atoms with Crippen molar-refractivity contribution in [2.24, 2.45) is 5.73 Å². The molecule has 1 heterocycles. The van der Waals surface area contributed by atoms with Gasteiger partial charge < -0.3 is 15.2 Å². The van der Waals surface area contributed by atoms with Crippen molar-refractivity contribution >= 4 is 38.4 Å². The second-order valence-corrected chi connectivity index (χ2v) is 7.66. The summed E-state index contributed by atoms with van der Waals surface area (Å²) < 4.78 is 37.7. The first kappa shape index (κ1) is 19.5. The Morgan fingerprint density at radius 3 is 2.41 bits per heavy atom. The molecule has 1 saturated heterocycles. The summed E-state index contributed by atoms with van der Waals surface area (Å²) in [6, 6.07) is 2.95. The average molecular weight is 416 g/mol. The predicted octanol–water partition coefficient (Wildman–Crippen LogP) is 2.00. The van der Waals surface area contributed by atoms with Crippen molar-refractivity contribution in [3.8, 4) is 11.5 Å². The van der Waals surface area contributed by atoms with Crippen LogP contribution >= 0.6 is 28.3 Å². The van der Waals surface area contributed by atoms with E-state index in [-0.39, 0.29) is 23.3 Å². The molecule has 1 aromatic carbocycles. The molecule has 2 N–H and O–H groups in total. The van der Waals surface area contributed by atoms with Crippen LogP contribution in [0.25, 0.3) is 0 Å². The summed E-state index contributed by atoms with van der Waals surface area (Å²) in [5.41, 5.74) is 5.88. The Balaban J connectivity index is 0.00000242. The van der Waals surface area contributed by atoms with E-state index in [1.807, 2.05) is 0 Å². The highest BCUT2D eigenvalue weighted by Gasteiger charge is 2.31. The lowest BCUT2D eigenvalue weighted by Crippen LogP contribution is -2.45. The van der Waals surface area contributed by atoms with Crippen molar-refractivity contribution in [3.63, 3.8) is 0 Å². The molecule has 0 radical (unpaired) electrons. The summed E-state index contributed by atoms with van der Waals surface area (Å²) in [5, 5.41) is 0. The Bertz CT molecular complexity index is 627. The van der Waals surface area contributed by atoms with Gasteiger partial charge in [-0.05, 0) is 34.8 Å². The number of sulfonamides is 1. The fourth-order valence-corrected chi connectivity index (χ4v) is 4.90.